The molecule has 2 aliphatic rings. The van der Waals surface area contributed by atoms with Crippen molar-refractivity contribution in [2.45, 2.75) is 58.1 Å². The fraction of sp³-hybridized carbons (Fsp3) is 0.545. The first-order chi connectivity index (χ1) is 14.1. The number of aromatic nitrogens is 2. The lowest BCUT2D eigenvalue weighted by molar-refractivity contribution is -0.0498. The summed E-state index contributed by atoms with van der Waals surface area (Å²) < 4.78 is 35.2. The van der Waals surface area contributed by atoms with Crippen molar-refractivity contribution in [2.24, 2.45) is 11.8 Å². The minimum absolute atomic E-state index is 0.120. The van der Waals surface area contributed by atoms with Crippen LogP contribution in [0, 0.1) is 11.8 Å². The van der Waals surface area contributed by atoms with Gasteiger partial charge in [-0.3, -0.25) is 0 Å². The molecule has 1 aromatic carbocycles. The molecule has 0 radical (unpaired) electrons. The third-order valence-corrected chi connectivity index (χ3v) is 5.65. The average Bonchev–Trinajstić information content (AvgIpc) is 3.53. The third-order valence-electron chi connectivity index (χ3n) is 5.65. The predicted molar refractivity (Wildman–Crippen MR) is 107 cm³/mol. The smallest absolute Gasteiger partial charge is 0.387 e. The summed E-state index contributed by atoms with van der Waals surface area (Å²) in [7, 11) is 0. The SMILES string of the molecule is CC1CCC(Nc2ncc(-c3ccc(OC(F)F)cc3)c(OCC3CC3)n2)CC1. The molecule has 1 aromatic heterocycles. The van der Waals surface area contributed by atoms with Gasteiger partial charge in [-0.05, 0) is 68.1 Å². The summed E-state index contributed by atoms with van der Waals surface area (Å²) in [6.07, 6.45) is 8.79. The zero-order chi connectivity index (χ0) is 20.2. The van der Waals surface area contributed by atoms with E-state index in [0.717, 1.165) is 29.9 Å². The Labute approximate surface area is 169 Å². The van der Waals surface area contributed by atoms with E-state index in [-0.39, 0.29) is 5.75 Å². The van der Waals surface area contributed by atoms with Crippen molar-refractivity contribution in [1.29, 1.82) is 0 Å². The predicted octanol–water partition coefficient (Wildman–Crippen LogP) is 5.52. The number of ether oxygens (including phenoxy) is 2. The first-order valence-corrected chi connectivity index (χ1v) is 10.4. The van der Waals surface area contributed by atoms with Crippen molar-refractivity contribution in [2.75, 3.05) is 11.9 Å². The molecule has 7 heteroatoms. The van der Waals surface area contributed by atoms with Crippen LogP contribution in [-0.2, 0) is 0 Å². The van der Waals surface area contributed by atoms with Gasteiger partial charge in [0.2, 0.25) is 11.8 Å². The summed E-state index contributed by atoms with van der Waals surface area (Å²) >= 11 is 0. The lowest BCUT2D eigenvalue weighted by Gasteiger charge is -2.27. The molecule has 5 nitrogen and oxygen atoms in total. The summed E-state index contributed by atoms with van der Waals surface area (Å²) in [4.78, 5) is 9.13. The van der Waals surface area contributed by atoms with Crippen LogP contribution in [0.1, 0.15) is 45.4 Å². The number of hydrogen-bond acceptors (Lipinski definition) is 5. The second kappa shape index (κ2) is 8.93. The molecule has 0 amide bonds. The molecule has 2 aliphatic carbocycles. The maximum Gasteiger partial charge on any atom is 0.387 e. The van der Waals surface area contributed by atoms with E-state index in [9.17, 15) is 8.78 Å². The number of benzene rings is 1. The number of anilines is 1. The van der Waals surface area contributed by atoms with Gasteiger partial charge < -0.3 is 14.8 Å². The summed E-state index contributed by atoms with van der Waals surface area (Å²) in [6.45, 7) is 0.0923. The van der Waals surface area contributed by atoms with Gasteiger partial charge in [-0.25, -0.2) is 4.98 Å². The zero-order valence-corrected chi connectivity index (χ0v) is 16.6. The van der Waals surface area contributed by atoms with Crippen molar-refractivity contribution in [3.8, 4) is 22.8 Å². The molecule has 4 rings (SSSR count). The number of alkyl halides is 2. The summed E-state index contributed by atoms with van der Waals surface area (Å²) in [6, 6.07) is 6.86. The first-order valence-electron chi connectivity index (χ1n) is 10.4. The van der Waals surface area contributed by atoms with Crippen LogP contribution in [0.25, 0.3) is 11.1 Å². The van der Waals surface area contributed by atoms with Crippen molar-refractivity contribution in [1.82, 2.24) is 9.97 Å². The maximum absolute atomic E-state index is 12.4. The van der Waals surface area contributed by atoms with Crippen molar-refractivity contribution in [3.05, 3.63) is 30.5 Å². The molecule has 0 bridgehead atoms. The minimum atomic E-state index is -2.84. The quantitative estimate of drug-likeness (QED) is 0.629. The molecule has 1 heterocycles. The highest BCUT2D eigenvalue weighted by Crippen LogP contribution is 2.34. The van der Waals surface area contributed by atoms with Gasteiger partial charge in [-0.15, -0.1) is 0 Å². The van der Waals surface area contributed by atoms with Crippen LogP contribution in [0.5, 0.6) is 11.6 Å². The molecule has 156 valence electrons. The number of nitrogens with one attached hydrogen (secondary N) is 1. The van der Waals surface area contributed by atoms with Crippen molar-refractivity contribution < 1.29 is 18.3 Å². The maximum atomic E-state index is 12.4. The Bertz CT molecular complexity index is 804. The standard InChI is InChI=1S/C22H27F2N3O2/c1-14-2-8-17(9-3-14)26-22-25-12-19(20(27-22)28-13-15-4-5-15)16-6-10-18(11-7-16)29-21(23)24/h6-7,10-12,14-15,17,21H,2-5,8-9,13H2,1H3,(H,25,26,27). The van der Waals surface area contributed by atoms with Gasteiger partial charge >= 0.3 is 6.61 Å². The van der Waals surface area contributed by atoms with Crippen LogP contribution in [0.2, 0.25) is 0 Å². The highest BCUT2D eigenvalue weighted by molar-refractivity contribution is 5.69. The third kappa shape index (κ3) is 5.55. The van der Waals surface area contributed by atoms with E-state index in [1.807, 2.05) is 0 Å². The monoisotopic (exact) mass is 403 g/mol. The lowest BCUT2D eigenvalue weighted by atomic mass is 9.87. The molecule has 2 saturated carbocycles. The summed E-state index contributed by atoms with van der Waals surface area (Å²) in [5, 5.41) is 3.45. The second-order valence-corrected chi connectivity index (χ2v) is 8.17. The number of halogens is 2. The molecular weight excluding hydrogens is 376 g/mol. The van der Waals surface area contributed by atoms with Crippen molar-refractivity contribution >= 4 is 5.95 Å². The molecule has 0 spiro atoms. The Morgan fingerprint density at radius 1 is 1.07 bits per heavy atom. The van der Waals surface area contributed by atoms with Crippen LogP contribution >= 0.6 is 0 Å². The summed E-state index contributed by atoms with van der Waals surface area (Å²) in [5.74, 6) is 2.61. The Morgan fingerprint density at radius 2 is 1.79 bits per heavy atom. The Hall–Kier alpha value is -2.44. The normalized spacial score (nSPS) is 21.8. The van der Waals surface area contributed by atoms with Crippen molar-refractivity contribution in [3.63, 3.8) is 0 Å². The molecule has 0 aliphatic heterocycles. The highest BCUT2D eigenvalue weighted by Gasteiger charge is 2.24. The first kappa shape index (κ1) is 19.9. The van der Waals surface area contributed by atoms with E-state index in [1.54, 1.807) is 18.3 Å². The number of hydrogen-bond donors (Lipinski definition) is 1. The minimum Gasteiger partial charge on any atom is -0.477 e. The van der Waals surface area contributed by atoms with Crippen LogP contribution in [-0.4, -0.2) is 29.2 Å². The molecule has 2 fully saturated rings. The molecule has 0 saturated heterocycles. The fourth-order valence-electron chi connectivity index (χ4n) is 3.63. The molecule has 0 atom stereocenters. The molecule has 2 aromatic rings. The van der Waals surface area contributed by atoms with Gasteiger partial charge in [0.1, 0.15) is 5.75 Å². The van der Waals surface area contributed by atoms with Gasteiger partial charge in [-0.2, -0.15) is 13.8 Å². The summed E-state index contributed by atoms with van der Waals surface area (Å²) in [5.41, 5.74) is 1.55. The molecule has 0 unspecified atom stereocenters. The van der Waals surface area contributed by atoms with E-state index < -0.39 is 6.61 Å². The van der Waals surface area contributed by atoms with Gasteiger partial charge in [0.15, 0.2) is 0 Å². The highest BCUT2D eigenvalue weighted by atomic mass is 19.3. The molecule has 1 N–H and O–H groups in total. The van der Waals surface area contributed by atoms with Crippen LogP contribution < -0.4 is 14.8 Å². The van der Waals surface area contributed by atoms with Gasteiger partial charge in [0, 0.05) is 12.2 Å². The fourth-order valence-corrected chi connectivity index (χ4v) is 3.63. The zero-order valence-electron chi connectivity index (χ0n) is 16.6. The largest absolute Gasteiger partial charge is 0.477 e. The van der Waals surface area contributed by atoms with E-state index in [4.69, 9.17) is 4.74 Å². The second-order valence-electron chi connectivity index (χ2n) is 8.17. The van der Waals surface area contributed by atoms with E-state index in [2.05, 4.69) is 26.9 Å². The lowest BCUT2D eigenvalue weighted by Crippen LogP contribution is -2.26. The van der Waals surface area contributed by atoms with Gasteiger partial charge in [-0.1, -0.05) is 19.1 Å². The van der Waals surface area contributed by atoms with Gasteiger partial charge in [0.25, 0.3) is 0 Å². The van der Waals surface area contributed by atoms with E-state index in [1.165, 1.54) is 37.8 Å². The Balaban J connectivity index is 1.52. The van der Waals surface area contributed by atoms with Gasteiger partial charge in [0.05, 0.1) is 12.2 Å². The molecular formula is C22H27F2N3O2. The number of rotatable bonds is 8. The van der Waals surface area contributed by atoms with E-state index in [0.29, 0.717) is 30.4 Å². The average molecular weight is 403 g/mol. The molecule has 29 heavy (non-hydrogen) atoms. The van der Waals surface area contributed by atoms with Crippen LogP contribution in [0.4, 0.5) is 14.7 Å². The van der Waals surface area contributed by atoms with Crippen LogP contribution in [0.15, 0.2) is 30.5 Å². The topological polar surface area (TPSA) is 56.3 Å². The number of nitrogens with zero attached hydrogens (tertiary/aromatic N) is 2. The van der Waals surface area contributed by atoms with Crippen LogP contribution in [0.3, 0.4) is 0 Å². The Morgan fingerprint density at radius 3 is 2.45 bits per heavy atom. The van der Waals surface area contributed by atoms with E-state index >= 15 is 0 Å². The Kier molecular flexibility index (Phi) is 6.11.